The van der Waals surface area contributed by atoms with Crippen LogP contribution in [-0.4, -0.2) is 54.3 Å². The maximum absolute atomic E-state index is 14.4. The van der Waals surface area contributed by atoms with E-state index in [0.717, 1.165) is 12.1 Å². The van der Waals surface area contributed by atoms with Gasteiger partial charge in [-0.15, -0.1) is 0 Å². The molecule has 220 valence electrons. The number of halogens is 17. The molecule has 0 amide bonds. The van der Waals surface area contributed by atoms with E-state index < -0.39 is 60.1 Å². The first-order valence-corrected chi connectivity index (χ1v) is 9.02. The highest BCUT2D eigenvalue weighted by atomic mass is 19.4. The minimum Gasteiger partial charge on any atom is -0.422 e. The molecule has 0 saturated heterocycles. The third-order valence-electron chi connectivity index (χ3n) is 4.17. The smallest absolute Gasteiger partial charge is 0.422 e. The van der Waals surface area contributed by atoms with Crippen LogP contribution < -0.4 is 4.74 Å². The number of esters is 1. The highest BCUT2D eigenvalue weighted by molar-refractivity contribution is 5.81. The van der Waals surface area contributed by atoms with Gasteiger partial charge >= 0.3 is 54.3 Å². The number of benzene rings is 1. The van der Waals surface area contributed by atoms with Gasteiger partial charge in [0.1, 0.15) is 5.75 Å². The maximum Gasteiger partial charge on any atom is 0.462 e. The van der Waals surface area contributed by atoms with Crippen molar-refractivity contribution in [3.63, 3.8) is 0 Å². The summed E-state index contributed by atoms with van der Waals surface area (Å²) in [6, 6.07) is 3.14. The molecule has 0 aliphatic carbocycles. The zero-order chi connectivity index (χ0) is 30.4. The van der Waals surface area contributed by atoms with Gasteiger partial charge in [0, 0.05) is 0 Å². The van der Waals surface area contributed by atoms with Gasteiger partial charge in [-0.05, 0) is 24.1 Å². The molecule has 2 atom stereocenters. The van der Waals surface area contributed by atoms with Crippen LogP contribution in [0.3, 0.4) is 0 Å². The van der Waals surface area contributed by atoms with Gasteiger partial charge in [-0.1, -0.05) is 19.1 Å². The van der Waals surface area contributed by atoms with Gasteiger partial charge in [0.25, 0.3) is 0 Å². The average Bonchev–Trinajstić information content (AvgIpc) is 2.70. The molecule has 21 heteroatoms. The second-order valence-corrected chi connectivity index (χ2v) is 6.88. The van der Waals surface area contributed by atoms with Crippen molar-refractivity contribution in [2.45, 2.75) is 61.7 Å². The van der Waals surface area contributed by atoms with Crippen molar-refractivity contribution in [3.05, 3.63) is 29.8 Å². The SMILES string of the molecule is CCc1ccc(OC(=O)[C@](F)(OC(F)(F)[C@@](F)(OC(F)(F)C(F)(F)C(F)(F)F)C(F)(F)F)C(F)(F)F)cc1. The molecule has 0 spiro atoms. The lowest BCUT2D eigenvalue weighted by atomic mass is 10.2. The summed E-state index contributed by atoms with van der Waals surface area (Å²) in [5.41, 5.74) is 0.371. The monoisotopic (exact) mass is 600 g/mol. The van der Waals surface area contributed by atoms with Crippen LogP contribution >= 0.6 is 0 Å². The predicted molar refractivity (Wildman–Crippen MR) is 84.3 cm³/mol. The van der Waals surface area contributed by atoms with Gasteiger partial charge in [0.05, 0.1) is 0 Å². The van der Waals surface area contributed by atoms with Gasteiger partial charge < -0.3 is 4.74 Å². The zero-order valence-electron chi connectivity index (χ0n) is 17.6. The van der Waals surface area contributed by atoms with Crippen LogP contribution in [-0.2, 0) is 20.7 Å². The molecule has 1 aromatic carbocycles. The molecule has 0 fully saturated rings. The highest BCUT2D eigenvalue weighted by Gasteiger charge is 2.85. The Morgan fingerprint density at radius 3 is 1.42 bits per heavy atom. The number of ether oxygens (including phenoxy) is 3. The fraction of sp³-hybridized carbons (Fsp3) is 0.588. The number of carbonyl (C=O) groups excluding carboxylic acids is 1. The summed E-state index contributed by atoms with van der Waals surface area (Å²) in [5.74, 6) is -27.7. The summed E-state index contributed by atoms with van der Waals surface area (Å²) in [7, 11) is 0. The molecule has 0 unspecified atom stereocenters. The van der Waals surface area contributed by atoms with Gasteiger partial charge in [-0.3, -0.25) is 9.47 Å². The summed E-state index contributed by atoms with van der Waals surface area (Å²) >= 11 is 0. The first-order valence-electron chi connectivity index (χ1n) is 9.02. The Morgan fingerprint density at radius 2 is 1.08 bits per heavy atom. The van der Waals surface area contributed by atoms with E-state index in [4.69, 9.17) is 0 Å². The van der Waals surface area contributed by atoms with Gasteiger partial charge in [-0.25, -0.2) is 4.79 Å². The summed E-state index contributed by atoms with van der Waals surface area (Å²) in [6.45, 7) is 1.52. The second kappa shape index (κ2) is 9.87. The van der Waals surface area contributed by atoms with Crippen molar-refractivity contribution in [2.24, 2.45) is 0 Å². The lowest BCUT2D eigenvalue weighted by molar-refractivity contribution is -0.548. The molecule has 1 rings (SSSR count). The Bertz CT molecular complexity index is 982. The summed E-state index contributed by atoms with van der Waals surface area (Å²) in [4.78, 5) is 11.6. The Labute approximate surface area is 198 Å². The molecule has 1 aromatic rings. The number of aryl methyl sites for hydroxylation is 1. The minimum absolute atomic E-state index is 0.243. The molecule has 0 aromatic heterocycles. The van der Waals surface area contributed by atoms with Crippen molar-refractivity contribution >= 4 is 5.97 Å². The second-order valence-electron chi connectivity index (χ2n) is 6.88. The van der Waals surface area contributed by atoms with Crippen LogP contribution in [0.4, 0.5) is 74.6 Å². The van der Waals surface area contributed by atoms with E-state index in [2.05, 4.69) is 4.74 Å². The number of alkyl halides is 17. The molecule has 0 aliphatic heterocycles. The fourth-order valence-corrected chi connectivity index (χ4v) is 2.11. The first-order chi connectivity index (χ1) is 16.6. The quantitative estimate of drug-likeness (QED) is 0.174. The highest BCUT2D eigenvalue weighted by Crippen LogP contribution is 2.56. The molecule has 0 saturated carbocycles. The predicted octanol–water partition coefficient (Wildman–Crippen LogP) is 7.03. The van der Waals surface area contributed by atoms with Crippen molar-refractivity contribution in [1.82, 2.24) is 0 Å². The van der Waals surface area contributed by atoms with Crippen molar-refractivity contribution in [1.29, 1.82) is 0 Å². The summed E-state index contributed by atoms with van der Waals surface area (Å²) in [6.07, 6.45) is -38.5. The first kappa shape index (κ1) is 33.4. The van der Waals surface area contributed by atoms with Crippen molar-refractivity contribution in [2.75, 3.05) is 0 Å². The molecular weight excluding hydrogens is 591 g/mol. The normalized spacial score (nSPS) is 17.5. The Balaban J connectivity index is 3.59. The summed E-state index contributed by atoms with van der Waals surface area (Å²) < 4.78 is 230. The van der Waals surface area contributed by atoms with Crippen LogP contribution in [0.25, 0.3) is 0 Å². The molecule has 0 N–H and O–H groups in total. The largest absolute Gasteiger partial charge is 0.462 e. The van der Waals surface area contributed by atoms with Gasteiger partial charge in [0.15, 0.2) is 0 Å². The van der Waals surface area contributed by atoms with Gasteiger partial charge in [0.2, 0.25) is 0 Å². The van der Waals surface area contributed by atoms with E-state index >= 15 is 0 Å². The molecule has 0 bridgehead atoms. The standard InChI is InChI=1S/C17H9F17O4/c1-2-7-3-5-8(6-4-7)36-9(35)10(18,13(22,23)24)37-17(33,34)12(21,15(28,29)30)38-16(31,32)11(19,20)14(25,26)27/h3-6H,2H2,1H3/t10-,12-/m0/s1. The van der Waals surface area contributed by atoms with E-state index in [-0.39, 0.29) is 6.42 Å². The molecule has 38 heavy (non-hydrogen) atoms. The minimum atomic E-state index is -8.08. The number of hydrogen-bond acceptors (Lipinski definition) is 4. The van der Waals surface area contributed by atoms with Crippen LogP contribution in [0.5, 0.6) is 5.75 Å². The molecule has 4 nitrogen and oxygen atoms in total. The van der Waals surface area contributed by atoms with E-state index in [1.54, 1.807) is 0 Å². The molecule has 0 heterocycles. The molecule has 0 radical (unpaired) electrons. The number of hydrogen-bond donors (Lipinski definition) is 0. The van der Waals surface area contributed by atoms with Crippen LogP contribution in [0.2, 0.25) is 0 Å². The van der Waals surface area contributed by atoms with E-state index in [1.165, 1.54) is 11.7 Å². The summed E-state index contributed by atoms with van der Waals surface area (Å²) in [5, 5.41) is 0. The Hall–Kier alpha value is -2.58. The van der Waals surface area contributed by atoms with Gasteiger partial charge in [-0.2, -0.15) is 74.6 Å². The average molecular weight is 600 g/mol. The molecular formula is C17H9F17O4. The topological polar surface area (TPSA) is 44.8 Å². The van der Waals surface area contributed by atoms with Crippen molar-refractivity contribution in [3.8, 4) is 5.75 Å². The maximum atomic E-state index is 14.4. The van der Waals surface area contributed by atoms with Crippen LogP contribution in [0, 0.1) is 0 Å². The Kier molecular flexibility index (Phi) is 8.68. The van der Waals surface area contributed by atoms with E-state index in [9.17, 15) is 79.4 Å². The Morgan fingerprint density at radius 1 is 0.632 bits per heavy atom. The zero-order valence-corrected chi connectivity index (χ0v) is 17.6. The van der Waals surface area contributed by atoms with Crippen LogP contribution in [0.1, 0.15) is 12.5 Å². The third kappa shape index (κ3) is 6.01. The number of rotatable bonds is 9. The lowest BCUT2D eigenvalue weighted by Crippen LogP contribution is -2.68. The lowest BCUT2D eigenvalue weighted by Gasteiger charge is -2.39. The number of carbonyl (C=O) groups is 1. The fourth-order valence-electron chi connectivity index (χ4n) is 2.11. The van der Waals surface area contributed by atoms with E-state index in [1.807, 2.05) is 4.74 Å². The van der Waals surface area contributed by atoms with Crippen LogP contribution in [0.15, 0.2) is 24.3 Å². The van der Waals surface area contributed by atoms with E-state index in [0.29, 0.717) is 17.7 Å². The third-order valence-corrected chi connectivity index (χ3v) is 4.17. The van der Waals surface area contributed by atoms with Crippen molar-refractivity contribution < 1.29 is 93.6 Å². The molecule has 0 aliphatic rings.